The van der Waals surface area contributed by atoms with Gasteiger partial charge in [0.05, 0.1) is 0 Å². The zero-order valence-electron chi connectivity index (χ0n) is 13.2. The van der Waals surface area contributed by atoms with Gasteiger partial charge in [-0.1, -0.05) is 58.4 Å². The summed E-state index contributed by atoms with van der Waals surface area (Å²) in [5.41, 5.74) is 1.66. The molecule has 2 aromatic rings. The minimum absolute atomic E-state index is 0.104. The molecule has 1 N–H and O–H groups in total. The molecule has 0 aliphatic carbocycles. The molecule has 0 saturated heterocycles. The second-order valence-corrected chi connectivity index (χ2v) is 6.25. The van der Waals surface area contributed by atoms with Gasteiger partial charge < -0.3 is 9.84 Å². The Labute approximate surface area is 149 Å². The third-order valence-electron chi connectivity index (χ3n) is 3.56. The maximum absolute atomic E-state index is 12.2. The summed E-state index contributed by atoms with van der Waals surface area (Å²) in [6.07, 6.45) is -0.465. The molecule has 126 valence electrons. The van der Waals surface area contributed by atoms with Crippen LogP contribution in [0.5, 0.6) is 0 Å². The molecule has 2 aromatic carbocycles. The van der Waals surface area contributed by atoms with E-state index in [0.29, 0.717) is 0 Å². The van der Waals surface area contributed by atoms with Gasteiger partial charge in [-0.25, -0.2) is 9.59 Å². The highest BCUT2D eigenvalue weighted by atomic mass is 79.9. The first-order valence-electron chi connectivity index (χ1n) is 7.38. The summed E-state index contributed by atoms with van der Waals surface area (Å²) in [4.78, 5) is 24.8. The first kappa shape index (κ1) is 18.0. The summed E-state index contributed by atoms with van der Waals surface area (Å²) in [6.45, 7) is 0.104. The van der Waals surface area contributed by atoms with Crippen molar-refractivity contribution < 1.29 is 19.4 Å². The molecule has 0 bridgehead atoms. The van der Waals surface area contributed by atoms with E-state index < -0.39 is 18.1 Å². The van der Waals surface area contributed by atoms with E-state index in [1.807, 2.05) is 54.6 Å². The van der Waals surface area contributed by atoms with Crippen LogP contribution in [0.15, 0.2) is 59.1 Å². The first-order chi connectivity index (χ1) is 11.5. The van der Waals surface area contributed by atoms with Crippen LogP contribution in [-0.4, -0.2) is 35.2 Å². The van der Waals surface area contributed by atoms with Crippen LogP contribution >= 0.6 is 15.9 Å². The van der Waals surface area contributed by atoms with E-state index in [4.69, 9.17) is 4.74 Å². The normalized spacial score (nSPS) is 11.6. The van der Waals surface area contributed by atoms with Crippen molar-refractivity contribution in [3.05, 3.63) is 70.2 Å². The van der Waals surface area contributed by atoms with Gasteiger partial charge in [0.25, 0.3) is 0 Å². The van der Waals surface area contributed by atoms with Crippen molar-refractivity contribution in [1.29, 1.82) is 0 Å². The van der Waals surface area contributed by atoms with Gasteiger partial charge in [-0.15, -0.1) is 0 Å². The maximum Gasteiger partial charge on any atom is 0.410 e. The molecule has 6 heteroatoms. The average molecular weight is 392 g/mol. The molecule has 0 spiro atoms. The molecule has 1 atom stereocenters. The fourth-order valence-electron chi connectivity index (χ4n) is 2.23. The van der Waals surface area contributed by atoms with E-state index in [0.717, 1.165) is 20.5 Å². The lowest BCUT2D eigenvalue weighted by atomic mass is 10.1. The lowest BCUT2D eigenvalue weighted by Gasteiger charge is -2.24. The predicted octanol–water partition coefficient (Wildman–Crippen LogP) is 3.71. The van der Waals surface area contributed by atoms with Gasteiger partial charge in [-0.3, -0.25) is 4.90 Å². The monoisotopic (exact) mass is 391 g/mol. The fourth-order valence-corrected chi connectivity index (χ4v) is 2.67. The van der Waals surface area contributed by atoms with E-state index in [9.17, 15) is 14.7 Å². The van der Waals surface area contributed by atoms with Crippen LogP contribution in [-0.2, 0) is 22.6 Å². The summed E-state index contributed by atoms with van der Waals surface area (Å²) in [5.74, 6) is -1.07. The van der Waals surface area contributed by atoms with Gasteiger partial charge >= 0.3 is 12.1 Å². The Bertz CT molecular complexity index is 705. The zero-order chi connectivity index (χ0) is 17.5. The first-order valence-corrected chi connectivity index (χ1v) is 8.17. The topological polar surface area (TPSA) is 66.8 Å². The fraction of sp³-hybridized carbons (Fsp3) is 0.222. The summed E-state index contributed by atoms with van der Waals surface area (Å²) in [7, 11) is 1.43. The van der Waals surface area contributed by atoms with Gasteiger partial charge in [-0.2, -0.15) is 0 Å². The number of amides is 1. The quantitative estimate of drug-likeness (QED) is 0.814. The van der Waals surface area contributed by atoms with Crippen LogP contribution in [0.3, 0.4) is 0 Å². The van der Waals surface area contributed by atoms with Gasteiger partial charge in [0.2, 0.25) is 0 Å². The predicted molar refractivity (Wildman–Crippen MR) is 93.7 cm³/mol. The number of carbonyl (C=O) groups excluding carboxylic acids is 1. The second kappa shape index (κ2) is 8.49. The van der Waals surface area contributed by atoms with Crippen LogP contribution < -0.4 is 0 Å². The third-order valence-corrected chi connectivity index (χ3v) is 4.06. The molecule has 5 nitrogen and oxygen atoms in total. The molecule has 1 amide bonds. The number of carboxylic acids is 1. The van der Waals surface area contributed by atoms with E-state index >= 15 is 0 Å². The van der Waals surface area contributed by atoms with Crippen molar-refractivity contribution in [3.8, 4) is 0 Å². The third kappa shape index (κ3) is 5.09. The zero-order valence-corrected chi connectivity index (χ0v) is 14.8. The van der Waals surface area contributed by atoms with Crippen LogP contribution in [0.2, 0.25) is 0 Å². The Morgan fingerprint density at radius 2 is 1.79 bits per heavy atom. The Hall–Kier alpha value is -2.34. The number of hydrogen-bond donors (Lipinski definition) is 1. The van der Waals surface area contributed by atoms with Crippen molar-refractivity contribution in [2.45, 2.75) is 19.1 Å². The highest BCUT2D eigenvalue weighted by Gasteiger charge is 2.28. The number of aliphatic carboxylic acids is 1. The lowest BCUT2D eigenvalue weighted by molar-refractivity contribution is -0.142. The number of benzene rings is 2. The Balaban J connectivity index is 2.01. The van der Waals surface area contributed by atoms with E-state index in [1.165, 1.54) is 7.05 Å². The summed E-state index contributed by atoms with van der Waals surface area (Å²) in [6, 6.07) is 15.6. The highest BCUT2D eigenvalue weighted by molar-refractivity contribution is 9.10. The van der Waals surface area contributed by atoms with Crippen molar-refractivity contribution >= 4 is 28.0 Å². The number of ether oxygens (including phenoxy) is 1. The SMILES string of the molecule is CN(C(=O)OCc1ccccc1)C(Cc1cccc(Br)c1)C(=O)O. The maximum atomic E-state index is 12.2. The van der Waals surface area contributed by atoms with Crippen molar-refractivity contribution in [3.63, 3.8) is 0 Å². The Morgan fingerprint density at radius 3 is 2.42 bits per heavy atom. The van der Waals surface area contributed by atoms with Crippen molar-refractivity contribution in [2.75, 3.05) is 7.05 Å². The minimum Gasteiger partial charge on any atom is -0.480 e. The molecule has 2 rings (SSSR count). The van der Waals surface area contributed by atoms with Gasteiger partial charge in [-0.05, 0) is 23.3 Å². The van der Waals surface area contributed by atoms with E-state index in [1.54, 1.807) is 0 Å². The molecule has 0 aliphatic heterocycles. The van der Waals surface area contributed by atoms with Gasteiger partial charge in [0.15, 0.2) is 0 Å². The van der Waals surface area contributed by atoms with Crippen LogP contribution in [0.25, 0.3) is 0 Å². The number of carbonyl (C=O) groups is 2. The molecule has 0 saturated carbocycles. The molecule has 0 fully saturated rings. The molecule has 0 aliphatic rings. The summed E-state index contributed by atoms with van der Waals surface area (Å²) >= 11 is 3.35. The summed E-state index contributed by atoms with van der Waals surface area (Å²) < 4.78 is 6.06. The van der Waals surface area contributed by atoms with Gasteiger partial charge in [0.1, 0.15) is 12.6 Å². The van der Waals surface area contributed by atoms with Crippen molar-refractivity contribution in [2.24, 2.45) is 0 Å². The van der Waals surface area contributed by atoms with Crippen LogP contribution in [0.1, 0.15) is 11.1 Å². The lowest BCUT2D eigenvalue weighted by Crippen LogP contribution is -2.44. The molecular formula is C18H18BrNO4. The molecule has 0 heterocycles. The number of nitrogens with zero attached hydrogens (tertiary/aromatic N) is 1. The molecular weight excluding hydrogens is 374 g/mol. The van der Waals surface area contributed by atoms with Gasteiger partial charge in [0, 0.05) is 17.9 Å². The smallest absolute Gasteiger partial charge is 0.410 e. The Kier molecular flexibility index (Phi) is 6.37. The number of hydrogen-bond acceptors (Lipinski definition) is 3. The minimum atomic E-state index is -1.07. The molecule has 1 unspecified atom stereocenters. The highest BCUT2D eigenvalue weighted by Crippen LogP contribution is 2.15. The number of likely N-dealkylation sites (N-methyl/N-ethyl adjacent to an activating group) is 1. The standard InChI is InChI=1S/C18H18BrNO4/c1-20(18(23)24-12-13-6-3-2-4-7-13)16(17(21)22)11-14-8-5-9-15(19)10-14/h2-10,16H,11-12H2,1H3,(H,21,22). The second-order valence-electron chi connectivity index (χ2n) is 5.34. The summed E-state index contributed by atoms with van der Waals surface area (Å²) in [5, 5.41) is 9.45. The van der Waals surface area contributed by atoms with Crippen LogP contribution in [0.4, 0.5) is 4.79 Å². The molecule has 0 aromatic heterocycles. The Morgan fingerprint density at radius 1 is 1.12 bits per heavy atom. The number of rotatable bonds is 6. The van der Waals surface area contributed by atoms with Crippen LogP contribution in [0, 0.1) is 0 Å². The van der Waals surface area contributed by atoms with E-state index in [2.05, 4.69) is 15.9 Å². The largest absolute Gasteiger partial charge is 0.480 e. The van der Waals surface area contributed by atoms with Crippen molar-refractivity contribution in [1.82, 2.24) is 4.90 Å². The number of carboxylic acid groups (broad SMARTS) is 1. The average Bonchev–Trinajstić information content (AvgIpc) is 2.57. The molecule has 0 radical (unpaired) electrons. The number of halogens is 1. The molecule has 24 heavy (non-hydrogen) atoms. The van der Waals surface area contributed by atoms with E-state index in [-0.39, 0.29) is 13.0 Å².